The molecule has 0 aromatic heterocycles. The van der Waals surface area contributed by atoms with Gasteiger partial charge in [-0.05, 0) is 71.5 Å². The summed E-state index contributed by atoms with van der Waals surface area (Å²) in [5.74, 6) is 0.246. The van der Waals surface area contributed by atoms with Crippen LogP contribution in [0.25, 0.3) is 11.1 Å². The van der Waals surface area contributed by atoms with E-state index < -0.39 is 5.41 Å². The second kappa shape index (κ2) is 8.37. The summed E-state index contributed by atoms with van der Waals surface area (Å²) in [6.45, 7) is 0.486. The van der Waals surface area contributed by atoms with E-state index in [1.165, 1.54) is 24.3 Å². The van der Waals surface area contributed by atoms with Gasteiger partial charge in [0.25, 0.3) is 0 Å². The third-order valence-electron chi connectivity index (χ3n) is 6.06. The van der Waals surface area contributed by atoms with Crippen LogP contribution in [-0.4, -0.2) is 30.3 Å². The molecule has 3 aromatic rings. The molecule has 1 saturated carbocycles. The van der Waals surface area contributed by atoms with E-state index in [1.54, 1.807) is 0 Å². The number of anilines is 1. The Morgan fingerprint density at radius 3 is 2.38 bits per heavy atom. The van der Waals surface area contributed by atoms with Crippen LogP contribution in [0.15, 0.2) is 66.7 Å². The summed E-state index contributed by atoms with van der Waals surface area (Å²) in [6.07, 6.45) is 2.46. The third-order valence-corrected chi connectivity index (χ3v) is 6.06. The molecule has 2 N–H and O–H groups in total. The van der Waals surface area contributed by atoms with Crippen molar-refractivity contribution in [3.8, 4) is 16.9 Å². The van der Waals surface area contributed by atoms with E-state index in [-0.39, 0.29) is 31.5 Å². The van der Waals surface area contributed by atoms with Gasteiger partial charge in [0.1, 0.15) is 17.0 Å². The topological polar surface area (TPSA) is 67.8 Å². The van der Waals surface area contributed by atoms with Crippen LogP contribution in [0.3, 0.4) is 0 Å². The number of rotatable bonds is 7. The van der Waals surface area contributed by atoms with Crippen LogP contribution in [0.1, 0.15) is 24.0 Å². The number of nitrogens with one attached hydrogen (secondary N) is 1. The number of carbonyl (C=O) groups is 1. The van der Waals surface area contributed by atoms with Crippen molar-refractivity contribution in [2.24, 2.45) is 0 Å². The number of ether oxygens (including phenoxy) is 2. The summed E-state index contributed by atoms with van der Waals surface area (Å²) < 4.78 is 24.4. The van der Waals surface area contributed by atoms with Gasteiger partial charge >= 0.3 is 0 Å². The van der Waals surface area contributed by atoms with Crippen molar-refractivity contribution in [3.63, 3.8) is 0 Å². The maximum absolute atomic E-state index is 13.2. The minimum atomic E-state index is -0.783. The normalized spacial score (nSPS) is 16.8. The zero-order chi connectivity index (χ0) is 22.1. The molecular weight excluding hydrogens is 409 g/mol. The van der Waals surface area contributed by atoms with Gasteiger partial charge in [0, 0.05) is 5.69 Å². The van der Waals surface area contributed by atoms with Gasteiger partial charge in [-0.2, -0.15) is 0 Å². The molecule has 3 aromatic carbocycles. The summed E-state index contributed by atoms with van der Waals surface area (Å²) in [7, 11) is 0. The second-order valence-corrected chi connectivity index (χ2v) is 8.41. The summed E-state index contributed by atoms with van der Waals surface area (Å²) in [5.41, 5.74) is 3.29. The molecule has 1 aliphatic heterocycles. The average Bonchev–Trinajstić information content (AvgIpc) is 3.59. The predicted molar refractivity (Wildman–Crippen MR) is 119 cm³/mol. The first-order valence-electron chi connectivity index (χ1n) is 10.7. The fourth-order valence-corrected chi connectivity index (χ4v) is 3.92. The molecule has 0 bridgehead atoms. The van der Waals surface area contributed by atoms with Crippen LogP contribution in [0.5, 0.6) is 5.75 Å². The Hall–Kier alpha value is -3.22. The van der Waals surface area contributed by atoms with Gasteiger partial charge in [0.15, 0.2) is 0 Å². The van der Waals surface area contributed by atoms with Crippen LogP contribution < -0.4 is 10.1 Å². The molecule has 1 heterocycles. The van der Waals surface area contributed by atoms with Crippen molar-refractivity contribution >= 4 is 11.6 Å². The van der Waals surface area contributed by atoms with Crippen LogP contribution in [-0.2, 0) is 21.6 Å². The largest absolute Gasteiger partial charge is 0.490 e. The summed E-state index contributed by atoms with van der Waals surface area (Å²) in [6, 6.07) is 19.2. The lowest BCUT2D eigenvalue weighted by atomic mass is 9.77. The zero-order valence-electron chi connectivity index (χ0n) is 17.5. The number of carbonyl (C=O) groups excluding carboxylic acids is 1. The van der Waals surface area contributed by atoms with E-state index >= 15 is 0 Å². The Labute approximate surface area is 185 Å². The first-order valence-corrected chi connectivity index (χ1v) is 10.7. The van der Waals surface area contributed by atoms with Gasteiger partial charge in [0.2, 0.25) is 5.91 Å². The number of halogens is 1. The van der Waals surface area contributed by atoms with Crippen LogP contribution in [0.2, 0.25) is 0 Å². The second-order valence-electron chi connectivity index (χ2n) is 8.41. The maximum atomic E-state index is 13.2. The Kier molecular flexibility index (Phi) is 5.41. The molecule has 5 nitrogen and oxygen atoms in total. The third kappa shape index (κ3) is 3.99. The average molecular weight is 433 g/mol. The highest BCUT2D eigenvalue weighted by molar-refractivity contribution is 6.00. The quantitative estimate of drug-likeness (QED) is 0.578. The number of hydrogen-bond acceptors (Lipinski definition) is 4. The van der Waals surface area contributed by atoms with E-state index in [9.17, 15) is 14.3 Å². The van der Waals surface area contributed by atoms with Crippen LogP contribution in [0.4, 0.5) is 10.1 Å². The zero-order valence-corrected chi connectivity index (χ0v) is 17.5. The number of hydrogen-bond donors (Lipinski definition) is 2. The molecule has 164 valence electrons. The van der Waals surface area contributed by atoms with Gasteiger partial charge in [-0.25, -0.2) is 4.39 Å². The molecular formula is C26H24FNO4. The van der Waals surface area contributed by atoms with Crippen LogP contribution >= 0.6 is 0 Å². The van der Waals surface area contributed by atoms with Crippen molar-refractivity contribution in [2.75, 3.05) is 18.5 Å². The van der Waals surface area contributed by atoms with Crippen molar-refractivity contribution in [1.82, 2.24) is 0 Å². The van der Waals surface area contributed by atoms with Gasteiger partial charge < -0.3 is 19.9 Å². The maximum Gasteiger partial charge on any atom is 0.239 e. The first-order chi connectivity index (χ1) is 15.6. The molecule has 0 atom stereocenters. The molecule has 2 aliphatic rings. The number of aliphatic hydroxyl groups is 1. The number of amides is 1. The SMILES string of the molecule is O=C(Nc1ccc(F)cc1)C1(c2ccc(-c3ccc(OC4CC4)cc3CO)cc2)COC1. The lowest BCUT2D eigenvalue weighted by Gasteiger charge is -2.40. The van der Waals surface area contributed by atoms with Gasteiger partial charge in [-0.3, -0.25) is 4.79 Å². The molecule has 1 aliphatic carbocycles. The summed E-state index contributed by atoms with van der Waals surface area (Å²) >= 11 is 0. The van der Waals surface area contributed by atoms with Gasteiger partial charge in [-0.15, -0.1) is 0 Å². The van der Waals surface area contributed by atoms with Gasteiger partial charge in [-0.1, -0.05) is 30.3 Å². The van der Waals surface area contributed by atoms with Crippen LogP contribution in [0, 0.1) is 5.82 Å². The Morgan fingerprint density at radius 2 is 1.78 bits per heavy atom. The van der Waals surface area contributed by atoms with E-state index in [2.05, 4.69) is 5.32 Å². The lowest BCUT2D eigenvalue weighted by Crippen LogP contribution is -2.55. The molecule has 6 heteroatoms. The van der Waals surface area contributed by atoms with Crippen molar-refractivity contribution < 1.29 is 23.8 Å². The smallest absolute Gasteiger partial charge is 0.239 e. The summed E-state index contributed by atoms with van der Waals surface area (Å²) in [5, 5.41) is 12.7. The van der Waals surface area contributed by atoms with E-state index in [4.69, 9.17) is 9.47 Å². The number of aliphatic hydroxyl groups excluding tert-OH is 1. The molecule has 32 heavy (non-hydrogen) atoms. The van der Waals surface area contributed by atoms with E-state index in [1.807, 2.05) is 42.5 Å². The molecule has 1 saturated heterocycles. The molecule has 0 radical (unpaired) electrons. The Morgan fingerprint density at radius 1 is 1.06 bits per heavy atom. The number of benzene rings is 3. The molecule has 2 fully saturated rings. The summed E-state index contributed by atoms with van der Waals surface area (Å²) in [4.78, 5) is 13.1. The molecule has 5 rings (SSSR count). The van der Waals surface area contributed by atoms with E-state index in [0.717, 1.165) is 40.8 Å². The predicted octanol–water partition coefficient (Wildman–Crippen LogP) is 4.43. The standard InChI is InChI=1S/C26H24FNO4/c27-20-5-7-21(8-6-20)28-25(30)26(15-31-16-26)19-3-1-17(2-4-19)24-12-11-23(13-18(24)14-29)32-22-9-10-22/h1-8,11-13,22,29H,9-10,14-16H2,(H,28,30). The molecule has 0 unspecified atom stereocenters. The first kappa shape index (κ1) is 20.7. The minimum absolute atomic E-state index is 0.0865. The van der Waals surface area contributed by atoms with Crippen molar-refractivity contribution in [3.05, 3.63) is 83.7 Å². The van der Waals surface area contributed by atoms with Crippen molar-refractivity contribution in [2.45, 2.75) is 31.0 Å². The molecule has 1 amide bonds. The minimum Gasteiger partial charge on any atom is -0.490 e. The fourth-order valence-electron chi connectivity index (χ4n) is 3.92. The highest BCUT2D eigenvalue weighted by Gasteiger charge is 2.47. The highest BCUT2D eigenvalue weighted by atomic mass is 19.1. The van der Waals surface area contributed by atoms with Crippen molar-refractivity contribution in [1.29, 1.82) is 0 Å². The fraction of sp³-hybridized carbons (Fsp3) is 0.269. The lowest BCUT2D eigenvalue weighted by molar-refractivity contribution is -0.139. The van der Waals surface area contributed by atoms with E-state index in [0.29, 0.717) is 11.8 Å². The molecule has 0 spiro atoms. The monoisotopic (exact) mass is 433 g/mol. The highest BCUT2D eigenvalue weighted by Crippen LogP contribution is 2.36. The Balaban J connectivity index is 1.37. The van der Waals surface area contributed by atoms with Gasteiger partial charge in [0.05, 0.1) is 25.9 Å². The Bertz CT molecular complexity index is 1120.